The smallest absolute Gasteiger partial charge is 0.308 e. The van der Waals surface area contributed by atoms with E-state index in [1.54, 1.807) is 0 Å². The molecule has 0 radical (unpaired) electrons. The molecule has 0 aromatic heterocycles. The van der Waals surface area contributed by atoms with Gasteiger partial charge in [-0.25, -0.2) is 0 Å². The Labute approximate surface area is 73.0 Å². The summed E-state index contributed by atoms with van der Waals surface area (Å²) in [7, 11) is 0. The lowest BCUT2D eigenvalue weighted by Crippen LogP contribution is -2.15. The van der Waals surface area contributed by atoms with Crippen LogP contribution in [-0.2, 0) is 14.3 Å². The average Bonchev–Trinajstić information content (AvgIpc) is 2.53. The summed E-state index contributed by atoms with van der Waals surface area (Å²) in [5.74, 6) is -0.122. The van der Waals surface area contributed by atoms with Gasteiger partial charge in [0.25, 0.3) is 0 Å². The standard InChI is InChI=1S/C9H16O3/c1-2-5-12-9(10)7-8-4-3-6-11-8/h8H,2-7H2,1H3. The topological polar surface area (TPSA) is 35.5 Å². The van der Waals surface area contributed by atoms with Crippen molar-refractivity contribution in [2.24, 2.45) is 0 Å². The largest absolute Gasteiger partial charge is 0.466 e. The molecule has 1 aliphatic heterocycles. The molecular formula is C9H16O3. The first-order valence-corrected chi connectivity index (χ1v) is 4.60. The van der Waals surface area contributed by atoms with Gasteiger partial charge in [0.05, 0.1) is 19.1 Å². The molecule has 3 heteroatoms. The van der Waals surface area contributed by atoms with Crippen molar-refractivity contribution in [2.45, 2.75) is 38.7 Å². The molecule has 0 amide bonds. The lowest BCUT2D eigenvalue weighted by atomic mass is 10.2. The maximum absolute atomic E-state index is 11.1. The van der Waals surface area contributed by atoms with Gasteiger partial charge in [-0.05, 0) is 19.3 Å². The summed E-state index contributed by atoms with van der Waals surface area (Å²) >= 11 is 0. The fourth-order valence-corrected chi connectivity index (χ4v) is 1.27. The molecule has 1 unspecified atom stereocenters. The van der Waals surface area contributed by atoms with E-state index in [-0.39, 0.29) is 12.1 Å². The molecule has 12 heavy (non-hydrogen) atoms. The Morgan fingerprint density at radius 2 is 2.50 bits per heavy atom. The van der Waals surface area contributed by atoms with E-state index in [1.807, 2.05) is 6.92 Å². The molecule has 0 aromatic carbocycles. The van der Waals surface area contributed by atoms with Gasteiger partial charge in [-0.15, -0.1) is 0 Å². The van der Waals surface area contributed by atoms with Crippen LogP contribution in [0.2, 0.25) is 0 Å². The Morgan fingerprint density at radius 3 is 3.08 bits per heavy atom. The third-order valence-corrected chi connectivity index (χ3v) is 1.89. The van der Waals surface area contributed by atoms with Crippen molar-refractivity contribution in [1.29, 1.82) is 0 Å². The lowest BCUT2D eigenvalue weighted by molar-refractivity contribution is -0.146. The van der Waals surface area contributed by atoms with Gasteiger partial charge < -0.3 is 9.47 Å². The molecule has 70 valence electrons. The van der Waals surface area contributed by atoms with E-state index in [4.69, 9.17) is 9.47 Å². The number of carbonyl (C=O) groups excluding carboxylic acids is 1. The monoisotopic (exact) mass is 172 g/mol. The highest BCUT2D eigenvalue weighted by atomic mass is 16.5. The molecule has 1 rings (SSSR count). The molecular weight excluding hydrogens is 156 g/mol. The second-order valence-electron chi connectivity index (χ2n) is 3.06. The molecule has 0 saturated carbocycles. The molecule has 1 heterocycles. The van der Waals surface area contributed by atoms with Crippen LogP contribution in [0.15, 0.2) is 0 Å². The maximum atomic E-state index is 11.1. The predicted molar refractivity (Wildman–Crippen MR) is 44.8 cm³/mol. The zero-order valence-corrected chi connectivity index (χ0v) is 7.54. The summed E-state index contributed by atoms with van der Waals surface area (Å²) in [4.78, 5) is 11.1. The van der Waals surface area contributed by atoms with Gasteiger partial charge in [-0.3, -0.25) is 4.79 Å². The fraction of sp³-hybridized carbons (Fsp3) is 0.889. The van der Waals surface area contributed by atoms with Crippen molar-refractivity contribution in [1.82, 2.24) is 0 Å². The van der Waals surface area contributed by atoms with Gasteiger partial charge in [-0.2, -0.15) is 0 Å². The summed E-state index contributed by atoms with van der Waals surface area (Å²) in [6.45, 7) is 3.32. The van der Waals surface area contributed by atoms with Gasteiger partial charge in [0.1, 0.15) is 0 Å². The number of hydrogen-bond acceptors (Lipinski definition) is 3. The van der Waals surface area contributed by atoms with Crippen LogP contribution < -0.4 is 0 Å². The first-order valence-electron chi connectivity index (χ1n) is 4.60. The lowest BCUT2D eigenvalue weighted by Gasteiger charge is -2.07. The number of hydrogen-bond donors (Lipinski definition) is 0. The average molecular weight is 172 g/mol. The van der Waals surface area contributed by atoms with Crippen LogP contribution in [0.3, 0.4) is 0 Å². The van der Waals surface area contributed by atoms with E-state index in [0.717, 1.165) is 25.9 Å². The van der Waals surface area contributed by atoms with Crippen LogP contribution in [0.5, 0.6) is 0 Å². The second-order valence-corrected chi connectivity index (χ2v) is 3.06. The number of carbonyl (C=O) groups is 1. The second kappa shape index (κ2) is 5.14. The van der Waals surface area contributed by atoms with E-state index in [1.165, 1.54) is 0 Å². The Balaban J connectivity index is 2.08. The highest BCUT2D eigenvalue weighted by Crippen LogP contribution is 2.15. The predicted octanol–water partition coefficient (Wildman–Crippen LogP) is 1.51. The van der Waals surface area contributed by atoms with Gasteiger partial charge in [0, 0.05) is 6.61 Å². The van der Waals surface area contributed by atoms with Crippen LogP contribution in [0, 0.1) is 0 Å². The zero-order chi connectivity index (χ0) is 8.81. The molecule has 0 N–H and O–H groups in total. The van der Waals surface area contributed by atoms with Crippen LogP contribution >= 0.6 is 0 Å². The highest BCUT2D eigenvalue weighted by Gasteiger charge is 2.19. The van der Waals surface area contributed by atoms with Gasteiger partial charge in [0.15, 0.2) is 0 Å². The molecule has 0 aliphatic carbocycles. The molecule has 0 spiro atoms. The molecule has 0 bridgehead atoms. The summed E-state index contributed by atoms with van der Waals surface area (Å²) in [6.07, 6.45) is 3.51. The third kappa shape index (κ3) is 3.22. The normalized spacial score (nSPS) is 22.6. The van der Waals surface area contributed by atoms with Crippen LogP contribution in [0.1, 0.15) is 32.6 Å². The minimum absolute atomic E-state index is 0.120. The zero-order valence-electron chi connectivity index (χ0n) is 7.54. The van der Waals surface area contributed by atoms with Crippen molar-refractivity contribution in [2.75, 3.05) is 13.2 Å². The van der Waals surface area contributed by atoms with Gasteiger partial charge in [0.2, 0.25) is 0 Å². The minimum Gasteiger partial charge on any atom is -0.466 e. The van der Waals surface area contributed by atoms with Crippen molar-refractivity contribution in [3.8, 4) is 0 Å². The van der Waals surface area contributed by atoms with Crippen molar-refractivity contribution in [3.63, 3.8) is 0 Å². The summed E-state index contributed by atoms with van der Waals surface area (Å²) < 4.78 is 10.2. The summed E-state index contributed by atoms with van der Waals surface area (Å²) in [5.41, 5.74) is 0. The Bertz CT molecular complexity index is 139. The van der Waals surface area contributed by atoms with Crippen LogP contribution in [0.4, 0.5) is 0 Å². The Kier molecular flexibility index (Phi) is 4.08. The molecule has 1 atom stereocenters. The summed E-state index contributed by atoms with van der Waals surface area (Å²) in [5, 5.41) is 0. The van der Waals surface area contributed by atoms with E-state index in [2.05, 4.69) is 0 Å². The molecule has 3 nitrogen and oxygen atoms in total. The number of rotatable bonds is 4. The SMILES string of the molecule is CCCOC(=O)CC1CCCO1. The molecule has 1 aliphatic rings. The van der Waals surface area contributed by atoms with E-state index < -0.39 is 0 Å². The molecule has 1 saturated heterocycles. The Morgan fingerprint density at radius 1 is 1.67 bits per heavy atom. The number of esters is 1. The van der Waals surface area contributed by atoms with Crippen LogP contribution in [-0.4, -0.2) is 25.3 Å². The first kappa shape index (κ1) is 9.52. The number of ether oxygens (including phenoxy) is 2. The molecule has 1 fully saturated rings. The van der Waals surface area contributed by atoms with E-state index in [0.29, 0.717) is 13.0 Å². The third-order valence-electron chi connectivity index (χ3n) is 1.89. The summed E-state index contributed by atoms with van der Waals surface area (Å²) in [6, 6.07) is 0. The van der Waals surface area contributed by atoms with Crippen LogP contribution in [0.25, 0.3) is 0 Å². The van der Waals surface area contributed by atoms with E-state index in [9.17, 15) is 4.79 Å². The Hall–Kier alpha value is -0.570. The van der Waals surface area contributed by atoms with Gasteiger partial charge in [-0.1, -0.05) is 6.92 Å². The van der Waals surface area contributed by atoms with Crippen molar-refractivity contribution >= 4 is 5.97 Å². The highest BCUT2D eigenvalue weighted by molar-refractivity contribution is 5.69. The quantitative estimate of drug-likeness (QED) is 0.603. The maximum Gasteiger partial charge on any atom is 0.308 e. The van der Waals surface area contributed by atoms with Crippen molar-refractivity contribution < 1.29 is 14.3 Å². The van der Waals surface area contributed by atoms with E-state index >= 15 is 0 Å². The molecule has 0 aromatic rings. The fourth-order valence-electron chi connectivity index (χ4n) is 1.27. The van der Waals surface area contributed by atoms with Crippen molar-refractivity contribution in [3.05, 3.63) is 0 Å². The minimum atomic E-state index is -0.122. The van der Waals surface area contributed by atoms with Gasteiger partial charge >= 0.3 is 5.97 Å². The first-order chi connectivity index (χ1) is 5.83.